The first-order valence-corrected chi connectivity index (χ1v) is 7.43. The molecule has 8 nitrogen and oxygen atoms in total. The van der Waals surface area contributed by atoms with E-state index < -0.39 is 17.8 Å². The highest BCUT2D eigenvalue weighted by atomic mass is 16.6. The summed E-state index contributed by atoms with van der Waals surface area (Å²) in [7, 11) is 0. The number of rotatable bonds is 2. The molecule has 1 atom stereocenters. The smallest absolute Gasteiger partial charge is 0.426 e. The number of hydrogen-bond donors (Lipinski definition) is 2. The van der Waals surface area contributed by atoms with Crippen molar-refractivity contribution in [2.45, 2.75) is 46.1 Å². The van der Waals surface area contributed by atoms with Gasteiger partial charge in [-0.15, -0.1) is 0 Å². The Balaban J connectivity index is 2.47. The SMILES string of the molecule is CCOC(=O)NNC(=O)C1CCCN(C(=O)OC(C)(C)C)C1. The maximum Gasteiger partial charge on any atom is 0.426 e. The van der Waals surface area contributed by atoms with Gasteiger partial charge in [-0.3, -0.25) is 10.2 Å². The molecule has 1 saturated heterocycles. The predicted molar refractivity (Wildman–Crippen MR) is 78.8 cm³/mol. The van der Waals surface area contributed by atoms with Crippen LogP contribution in [0.5, 0.6) is 0 Å². The van der Waals surface area contributed by atoms with E-state index in [9.17, 15) is 14.4 Å². The molecule has 1 rings (SSSR count). The molecule has 0 aromatic carbocycles. The Morgan fingerprint density at radius 1 is 1.23 bits per heavy atom. The van der Waals surface area contributed by atoms with Gasteiger partial charge in [0.05, 0.1) is 12.5 Å². The van der Waals surface area contributed by atoms with Gasteiger partial charge in [0.1, 0.15) is 5.60 Å². The van der Waals surface area contributed by atoms with Gasteiger partial charge in [0.2, 0.25) is 5.91 Å². The first kappa shape index (κ1) is 18.1. The normalized spacial score (nSPS) is 18.4. The third-order valence-corrected chi connectivity index (χ3v) is 3.01. The average molecular weight is 315 g/mol. The number of hydrazine groups is 1. The molecule has 22 heavy (non-hydrogen) atoms. The van der Waals surface area contributed by atoms with Gasteiger partial charge < -0.3 is 14.4 Å². The van der Waals surface area contributed by atoms with Crippen molar-refractivity contribution in [1.82, 2.24) is 15.8 Å². The van der Waals surface area contributed by atoms with E-state index in [4.69, 9.17) is 4.74 Å². The van der Waals surface area contributed by atoms with Gasteiger partial charge >= 0.3 is 12.2 Å². The van der Waals surface area contributed by atoms with Crippen LogP contribution < -0.4 is 10.9 Å². The highest BCUT2D eigenvalue weighted by Gasteiger charge is 2.31. The van der Waals surface area contributed by atoms with Gasteiger partial charge in [0, 0.05) is 13.1 Å². The van der Waals surface area contributed by atoms with E-state index in [1.54, 1.807) is 27.7 Å². The fraction of sp³-hybridized carbons (Fsp3) is 0.786. The second-order valence-corrected chi connectivity index (χ2v) is 6.10. The Kier molecular flexibility index (Phi) is 6.45. The zero-order chi connectivity index (χ0) is 16.8. The van der Waals surface area contributed by atoms with Crippen molar-refractivity contribution in [3.05, 3.63) is 0 Å². The molecule has 2 N–H and O–H groups in total. The summed E-state index contributed by atoms with van der Waals surface area (Å²) < 4.78 is 9.95. The second-order valence-electron chi connectivity index (χ2n) is 6.10. The van der Waals surface area contributed by atoms with Crippen LogP contribution in [0, 0.1) is 5.92 Å². The molecule has 0 radical (unpaired) electrons. The molecule has 1 unspecified atom stereocenters. The van der Waals surface area contributed by atoms with Crippen molar-refractivity contribution in [2.75, 3.05) is 19.7 Å². The van der Waals surface area contributed by atoms with Crippen LogP contribution in [0.2, 0.25) is 0 Å². The van der Waals surface area contributed by atoms with Crippen LogP contribution in [0.3, 0.4) is 0 Å². The van der Waals surface area contributed by atoms with Crippen molar-refractivity contribution in [3.8, 4) is 0 Å². The maximum atomic E-state index is 12.0. The summed E-state index contributed by atoms with van der Waals surface area (Å²) in [5.41, 5.74) is 3.90. The predicted octanol–water partition coefficient (Wildman–Crippen LogP) is 1.41. The van der Waals surface area contributed by atoms with E-state index in [1.165, 1.54) is 4.90 Å². The summed E-state index contributed by atoms with van der Waals surface area (Å²) in [6, 6.07) is 0. The molecule has 0 saturated carbocycles. The summed E-state index contributed by atoms with van der Waals surface area (Å²) in [4.78, 5) is 36.7. The molecule has 0 aromatic rings. The summed E-state index contributed by atoms with van der Waals surface area (Å²) in [6.45, 7) is 8.10. The van der Waals surface area contributed by atoms with Gasteiger partial charge in [-0.2, -0.15) is 0 Å². The Morgan fingerprint density at radius 3 is 2.50 bits per heavy atom. The highest BCUT2D eigenvalue weighted by Crippen LogP contribution is 2.19. The Hall–Kier alpha value is -1.99. The standard InChI is InChI=1S/C14H25N3O5/c1-5-21-12(19)16-15-11(18)10-7-6-8-17(9-10)13(20)22-14(2,3)4/h10H,5-9H2,1-4H3,(H,15,18)(H,16,19). The van der Waals surface area contributed by atoms with E-state index in [0.717, 1.165) is 0 Å². The molecule has 3 amide bonds. The van der Waals surface area contributed by atoms with Gasteiger partial charge in [0.25, 0.3) is 0 Å². The topological polar surface area (TPSA) is 97.0 Å². The third-order valence-electron chi connectivity index (χ3n) is 3.01. The van der Waals surface area contributed by atoms with Crippen molar-refractivity contribution >= 4 is 18.1 Å². The Labute approximate surface area is 130 Å². The van der Waals surface area contributed by atoms with Crippen molar-refractivity contribution in [3.63, 3.8) is 0 Å². The van der Waals surface area contributed by atoms with Gasteiger partial charge in [-0.25, -0.2) is 15.0 Å². The minimum absolute atomic E-state index is 0.220. The first-order chi connectivity index (χ1) is 10.2. The third kappa shape index (κ3) is 6.19. The molecule has 1 heterocycles. The number of amides is 3. The number of ether oxygens (including phenoxy) is 2. The molecule has 8 heteroatoms. The van der Waals surface area contributed by atoms with Crippen molar-refractivity contribution < 1.29 is 23.9 Å². The number of nitrogens with one attached hydrogen (secondary N) is 2. The minimum atomic E-state index is -0.712. The van der Waals surface area contributed by atoms with E-state index in [1.807, 2.05) is 0 Å². The molecule has 126 valence electrons. The quantitative estimate of drug-likeness (QED) is 0.751. The summed E-state index contributed by atoms with van der Waals surface area (Å²) in [5.74, 6) is -0.732. The fourth-order valence-corrected chi connectivity index (χ4v) is 2.07. The molecule has 0 spiro atoms. The van der Waals surface area contributed by atoms with E-state index >= 15 is 0 Å². The van der Waals surface area contributed by atoms with Crippen LogP contribution in [-0.4, -0.2) is 48.3 Å². The Morgan fingerprint density at radius 2 is 1.91 bits per heavy atom. The summed E-state index contributed by atoms with van der Waals surface area (Å²) in [5, 5.41) is 0. The highest BCUT2D eigenvalue weighted by molar-refractivity contribution is 5.82. The monoisotopic (exact) mass is 315 g/mol. The van der Waals surface area contributed by atoms with Crippen LogP contribution in [0.25, 0.3) is 0 Å². The molecular formula is C14H25N3O5. The molecule has 1 fully saturated rings. The minimum Gasteiger partial charge on any atom is -0.449 e. The largest absolute Gasteiger partial charge is 0.449 e. The molecule has 1 aliphatic heterocycles. The lowest BCUT2D eigenvalue weighted by atomic mass is 9.98. The zero-order valence-corrected chi connectivity index (χ0v) is 13.6. The number of hydrogen-bond acceptors (Lipinski definition) is 5. The first-order valence-electron chi connectivity index (χ1n) is 7.43. The van der Waals surface area contributed by atoms with Gasteiger partial charge in [-0.1, -0.05) is 0 Å². The van der Waals surface area contributed by atoms with Crippen LogP contribution in [0.15, 0.2) is 0 Å². The van der Waals surface area contributed by atoms with Crippen LogP contribution in [0.4, 0.5) is 9.59 Å². The van der Waals surface area contributed by atoms with Gasteiger partial charge in [0.15, 0.2) is 0 Å². The number of likely N-dealkylation sites (tertiary alicyclic amines) is 1. The molecule has 0 bridgehead atoms. The Bertz CT molecular complexity index is 419. The second kappa shape index (κ2) is 7.86. The number of piperidine rings is 1. The number of carbonyl (C=O) groups excluding carboxylic acids is 3. The van der Waals surface area contributed by atoms with E-state index in [-0.39, 0.29) is 25.0 Å². The summed E-state index contributed by atoms with van der Waals surface area (Å²) in [6.07, 6.45) is 0.214. The van der Waals surface area contributed by atoms with Crippen molar-refractivity contribution in [1.29, 1.82) is 0 Å². The zero-order valence-electron chi connectivity index (χ0n) is 13.6. The molecular weight excluding hydrogens is 290 g/mol. The lowest BCUT2D eigenvalue weighted by molar-refractivity contribution is -0.127. The van der Waals surface area contributed by atoms with Crippen LogP contribution in [-0.2, 0) is 14.3 Å². The molecule has 1 aliphatic rings. The lowest BCUT2D eigenvalue weighted by Gasteiger charge is -2.33. The number of nitrogens with zero attached hydrogens (tertiary/aromatic N) is 1. The van der Waals surface area contributed by atoms with Crippen LogP contribution in [0.1, 0.15) is 40.5 Å². The maximum absolute atomic E-state index is 12.0. The summed E-state index contributed by atoms with van der Waals surface area (Å²) >= 11 is 0. The van der Waals surface area contributed by atoms with E-state index in [2.05, 4.69) is 15.6 Å². The average Bonchev–Trinajstić information content (AvgIpc) is 2.43. The molecule has 0 aromatic heterocycles. The van der Waals surface area contributed by atoms with Crippen molar-refractivity contribution in [2.24, 2.45) is 5.92 Å². The van der Waals surface area contributed by atoms with E-state index in [0.29, 0.717) is 19.4 Å². The van der Waals surface area contributed by atoms with Gasteiger partial charge in [-0.05, 0) is 40.5 Å². The molecule has 0 aliphatic carbocycles. The lowest BCUT2D eigenvalue weighted by Crippen LogP contribution is -2.50. The number of carbonyl (C=O) groups is 3. The van der Waals surface area contributed by atoms with Crippen LogP contribution >= 0.6 is 0 Å². The fourth-order valence-electron chi connectivity index (χ4n) is 2.07.